The molecule has 6 rings (SSSR count). The predicted molar refractivity (Wildman–Crippen MR) is 117 cm³/mol. The van der Waals surface area contributed by atoms with Gasteiger partial charge < -0.3 is 4.57 Å². The van der Waals surface area contributed by atoms with Crippen LogP contribution in [-0.4, -0.2) is 9.55 Å². The second-order valence-corrected chi connectivity index (χ2v) is 9.41. The molecule has 0 radical (unpaired) electrons. The minimum absolute atomic E-state index is 0.883. The van der Waals surface area contributed by atoms with Crippen molar-refractivity contribution in [1.29, 1.82) is 0 Å². The largest absolute Gasteiger partial charge is 0.312 e. The first-order valence-electron chi connectivity index (χ1n) is 11.5. The molecule has 0 aromatic carbocycles. The van der Waals surface area contributed by atoms with Gasteiger partial charge in [0, 0.05) is 23.5 Å². The molecule has 1 aliphatic heterocycles. The number of aromatic nitrogens is 2. The molecule has 2 heteroatoms. The van der Waals surface area contributed by atoms with Crippen LogP contribution >= 0.6 is 0 Å². The number of fused-ring (bicyclic) bond motifs is 4. The molecule has 0 N–H and O–H groups in total. The van der Waals surface area contributed by atoms with Gasteiger partial charge in [-0.15, -0.1) is 0 Å². The molecule has 1 fully saturated rings. The van der Waals surface area contributed by atoms with E-state index in [1.165, 1.54) is 85.5 Å². The minimum atomic E-state index is 0.883. The molecule has 1 atom stereocenters. The number of nitrogens with zero attached hydrogens (tertiary/aromatic N) is 2. The third-order valence-electron chi connectivity index (χ3n) is 7.70. The maximum Gasteiger partial charge on any atom is 0.0567 e. The number of pyridine rings is 1. The highest BCUT2D eigenvalue weighted by atomic mass is 15.0. The molecule has 4 aliphatic rings. The smallest absolute Gasteiger partial charge is 0.0567 e. The molecular weight excluding hydrogens is 340 g/mol. The van der Waals surface area contributed by atoms with E-state index in [4.69, 9.17) is 0 Å². The molecule has 144 valence electrons. The average molecular weight is 371 g/mol. The van der Waals surface area contributed by atoms with Crippen molar-refractivity contribution in [3.8, 4) is 0 Å². The first-order valence-corrected chi connectivity index (χ1v) is 11.5. The van der Waals surface area contributed by atoms with Gasteiger partial charge in [0.05, 0.1) is 11.2 Å². The molecule has 3 aliphatic carbocycles. The zero-order valence-electron chi connectivity index (χ0n) is 16.8. The molecule has 0 bridgehead atoms. The maximum absolute atomic E-state index is 4.45. The van der Waals surface area contributed by atoms with Gasteiger partial charge in [-0.05, 0) is 73.1 Å². The normalized spacial score (nSPS) is 24.7. The summed E-state index contributed by atoms with van der Waals surface area (Å²) in [4.78, 5) is 4.45. The van der Waals surface area contributed by atoms with Crippen molar-refractivity contribution in [3.63, 3.8) is 0 Å². The zero-order chi connectivity index (χ0) is 18.5. The Kier molecular flexibility index (Phi) is 4.06. The number of aryl methyl sites for hydroxylation is 1. The van der Waals surface area contributed by atoms with E-state index in [1.807, 2.05) is 6.20 Å². The first-order chi connectivity index (χ1) is 13.9. The highest BCUT2D eigenvalue weighted by Crippen LogP contribution is 2.45. The Bertz CT molecular complexity index is 1010. The predicted octanol–water partition coefficient (Wildman–Crippen LogP) is 6.92. The van der Waals surface area contributed by atoms with Gasteiger partial charge in [-0.3, -0.25) is 4.98 Å². The van der Waals surface area contributed by atoms with E-state index < -0.39 is 0 Å². The van der Waals surface area contributed by atoms with Crippen LogP contribution in [0.1, 0.15) is 75.5 Å². The van der Waals surface area contributed by atoms with Crippen LogP contribution in [0, 0.1) is 11.8 Å². The summed E-state index contributed by atoms with van der Waals surface area (Å²) >= 11 is 0. The number of hydrogen-bond donors (Lipinski definition) is 0. The summed E-state index contributed by atoms with van der Waals surface area (Å²) in [7, 11) is 0. The highest BCUT2D eigenvalue weighted by Gasteiger charge is 2.30. The summed E-state index contributed by atoms with van der Waals surface area (Å²) in [5, 5.41) is 1.37. The van der Waals surface area contributed by atoms with Gasteiger partial charge in [0.25, 0.3) is 0 Å². The van der Waals surface area contributed by atoms with Gasteiger partial charge in [-0.1, -0.05) is 50.3 Å². The molecular formula is C26H30N2. The fourth-order valence-corrected chi connectivity index (χ4v) is 6.39. The quantitative estimate of drug-likeness (QED) is 0.561. The lowest BCUT2D eigenvalue weighted by molar-refractivity contribution is 0.275. The van der Waals surface area contributed by atoms with Crippen LogP contribution in [0.15, 0.2) is 42.3 Å². The Hall–Kier alpha value is -2.09. The van der Waals surface area contributed by atoms with E-state index in [2.05, 4.69) is 40.0 Å². The minimum Gasteiger partial charge on any atom is -0.312 e. The third-order valence-corrected chi connectivity index (χ3v) is 7.70. The molecule has 1 saturated carbocycles. The maximum atomic E-state index is 4.45. The van der Waals surface area contributed by atoms with Crippen LogP contribution in [0.25, 0.3) is 22.2 Å². The van der Waals surface area contributed by atoms with E-state index in [0.29, 0.717) is 0 Å². The second-order valence-electron chi connectivity index (χ2n) is 9.41. The molecule has 2 aromatic rings. The summed E-state index contributed by atoms with van der Waals surface area (Å²) in [5.74, 6) is 1.88. The Morgan fingerprint density at radius 3 is 2.86 bits per heavy atom. The van der Waals surface area contributed by atoms with Crippen molar-refractivity contribution in [2.45, 2.75) is 70.6 Å². The van der Waals surface area contributed by atoms with Gasteiger partial charge in [0.1, 0.15) is 0 Å². The number of allylic oxidation sites excluding steroid dienone is 6. The number of hydrogen-bond acceptors (Lipinski definition) is 1. The monoisotopic (exact) mass is 370 g/mol. The molecule has 1 unspecified atom stereocenters. The van der Waals surface area contributed by atoms with Gasteiger partial charge in [-0.2, -0.15) is 0 Å². The second kappa shape index (κ2) is 6.76. The van der Waals surface area contributed by atoms with Crippen molar-refractivity contribution in [2.24, 2.45) is 11.8 Å². The van der Waals surface area contributed by atoms with Crippen LogP contribution in [0.5, 0.6) is 0 Å². The summed E-state index contributed by atoms with van der Waals surface area (Å²) < 4.78 is 2.61. The van der Waals surface area contributed by atoms with Crippen LogP contribution in [0.4, 0.5) is 0 Å². The molecule has 2 aromatic heterocycles. The summed E-state index contributed by atoms with van der Waals surface area (Å²) in [6.07, 6.45) is 26.4. The molecule has 0 amide bonds. The van der Waals surface area contributed by atoms with Crippen LogP contribution < -0.4 is 0 Å². The van der Waals surface area contributed by atoms with E-state index in [9.17, 15) is 0 Å². The standard InChI is InChI=1S/C26H30N2/c1-2-5-18(6-3-1)15-19-9-12-24-21(16-19)11-10-20-7-4-8-22-23-17-27-14-13-25(23)28(24)26(20)22/h7,10-11,13-14,17-19H,1-6,8-9,12,15-16H2. The molecule has 0 saturated heterocycles. The van der Waals surface area contributed by atoms with Crippen molar-refractivity contribution in [2.75, 3.05) is 0 Å². The van der Waals surface area contributed by atoms with Crippen LogP contribution in [0.2, 0.25) is 0 Å². The van der Waals surface area contributed by atoms with E-state index in [1.54, 1.807) is 11.3 Å². The van der Waals surface area contributed by atoms with E-state index in [0.717, 1.165) is 24.7 Å². The Balaban J connectivity index is 1.41. The lowest BCUT2D eigenvalue weighted by atomic mass is 9.77. The molecule has 28 heavy (non-hydrogen) atoms. The van der Waals surface area contributed by atoms with Gasteiger partial charge >= 0.3 is 0 Å². The number of rotatable bonds is 2. The third kappa shape index (κ3) is 2.64. The van der Waals surface area contributed by atoms with Crippen LogP contribution in [-0.2, 0) is 6.42 Å². The highest BCUT2D eigenvalue weighted by molar-refractivity contribution is 5.96. The van der Waals surface area contributed by atoms with Crippen LogP contribution in [0.3, 0.4) is 0 Å². The summed E-state index contributed by atoms with van der Waals surface area (Å²) in [5.41, 5.74) is 8.94. The molecule has 0 spiro atoms. The Morgan fingerprint density at radius 2 is 1.93 bits per heavy atom. The lowest BCUT2D eigenvalue weighted by Crippen LogP contribution is -2.17. The fraction of sp³-hybridized carbons (Fsp3) is 0.500. The average Bonchev–Trinajstić information content (AvgIpc) is 2.98. The Labute approximate surface area is 168 Å². The summed E-state index contributed by atoms with van der Waals surface area (Å²) in [6, 6.07) is 2.23. The van der Waals surface area contributed by atoms with Crippen molar-refractivity contribution in [1.82, 2.24) is 9.55 Å². The first kappa shape index (κ1) is 16.8. The molecule has 2 nitrogen and oxygen atoms in total. The van der Waals surface area contributed by atoms with Crippen molar-refractivity contribution < 1.29 is 0 Å². The van der Waals surface area contributed by atoms with Crippen molar-refractivity contribution >= 4 is 22.2 Å². The molecule has 3 heterocycles. The van der Waals surface area contributed by atoms with Gasteiger partial charge in [-0.25, -0.2) is 0 Å². The topological polar surface area (TPSA) is 17.8 Å². The van der Waals surface area contributed by atoms with Gasteiger partial charge in [0.15, 0.2) is 0 Å². The fourth-order valence-electron chi connectivity index (χ4n) is 6.39. The van der Waals surface area contributed by atoms with E-state index in [-0.39, 0.29) is 0 Å². The summed E-state index contributed by atoms with van der Waals surface area (Å²) in [6.45, 7) is 0. The van der Waals surface area contributed by atoms with Gasteiger partial charge in [0.2, 0.25) is 0 Å². The lowest BCUT2D eigenvalue weighted by Gasteiger charge is -2.31. The zero-order valence-corrected chi connectivity index (χ0v) is 16.8. The van der Waals surface area contributed by atoms with E-state index >= 15 is 0 Å². The van der Waals surface area contributed by atoms with Crippen molar-refractivity contribution in [3.05, 3.63) is 53.5 Å². The Morgan fingerprint density at radius 1 is 1.00 bits per heavy atom. The SMILES string of the molecule is C1=CC2=C(CCC(CC3CCCCC3)C2)n2c3c(c4cnccc42)CCC=C13.